The molecule has 6 heteroatoms. The second kappa shape index (κ2) is 5.44. The first-order valence-corrected chi connectivity index (χ1v) is 7.44. The van der Waals surface area contributed by atoms with Crippen molar-refractivity contribution >= 4 is 10.2 Å². The van der Waals surface area contributed by atoms with Crippen molar-refractivity contribution in [2.75, 3.05) is 19.6 Å². The van der Waals surface area contributed by atoms with Gasteiger partial charge in [-0.15, -0.1) is 0 Å². The van der Waals surface area contributed by atoms with Crippen LogP contribution >= 0.6 is 0 Å². The molecule has 1 rings (SSSR count). The van der Waals surface area contributed by atoms with E-state index in [0.29, 0.717) is 19.6 Å². The van der Waals surface area contributed by atoms with Gasteiger partial charge in [-0.05, 0) is 12.8 Å². The first kappa shape index (κ1) is 13.9. The molecule has 0 radical (unpaired) electrons. The van der Waals surface area contributed by atoms with Crippen molar-refractivity contribution < 1.29 is 8.42 Å². The predicted molar refractivity (Wildman–Crippen MR) is 65.2 cm³/mol. The summed E-state index contributed by atoms with van der Waals surface area (Å²) >= 11 is 0. The Morgan fingerprint density at radius 2 is 1.88 bits per heavy atom. The average Bonchev–Trinajstić information content (AvgIpc) is 2.68. The lowest BCUT2D eigenvalue weighted by molar-refractivity contribution is 0.202. The summed E-state index contributed by atoms with van der Waals surface area (Å²) in [4.78, 5) is 0. The molecular weight excluding hydrogens is 226 g/mol. The number of nitrogens with zero attached hydrogens (tertiary/aromatic N) is 1. The molecule has 0 amide bonds. The van der Waals surface area contributed by atoms with Gasteiger partial charge >= 0.3 is 0 Å². The summed E-state index contributed by atoms with van der Waals surface area (Å²) < 4.78 is 28.2. The van der Waals surface area contributed by atoms with E-state index in [1.54, 1.807) is 11.2 Å². The molecule has 96 valence electrons. The van der Waals surface area contributed by atoms with E-state index in [1.807, 2.05) is 6.92 Å². The summed E-state index contributed by atoms with van der Waals surface area (Å²) in [6.45, 7) is 4.96. The molecule has 1 aliphatic rings. The van der Waals surface area contributed by atoms with Gasteiger partial charge in [0, 0.05) is 25.2 Å². The minimum Gasteiger partial charge on any atom is -0.329 e. The van der Waals surface area contributed by atoms with Gasteiger partial charge in [0.05, 0.1) is 0 Å². The van der Waals surface area contributed by atoms with Crippen LogP contribution in [0.2, 0.25) is 0 Å². The van der Waals surface area contributed by atoms with Crippen molar-refractivity contribution in [1.29, 1.82) is 0 Å². The van der Waals surface area contributed by atoms with Crippen LogP contribution in [0.3, 0.4) is 0 Å². The fraction of sp³-hybridized carbons (Fsp3) is 1.00. The normalized spacial score (nSPS) is 20.5. The van der Waals surface area contributed by atoms with Crippen molar-refractivity contribution in [2.24, 2.45) is 5.73 Å². The fourth-order valence-corrected chi connectivity index (χ4v) is 4.24. The molecule has 1 saturated carbocycles. The topological polar surface area (TPSA) is 75.4 Å². The van der Waals surface area contributed by atoms with Crippen molar-refractivity contribution in [3.05, 3.63) is 0 Å². The molecule has 5 nitrogen and oxygen atoms in total. The first-order chi connectivity index (χ1) is 7.52. The lowest BCUT2D eigenvalue weighted by Crippen LogP contribution is -2.57. The van der Waals surface area contributed by atoms with Crippen LogP contribution in [0, 0.1) is 0 Å². The van der Waals surface area contributed by atoms with Crippen LogP contribution in [-0.2, 0) is 10.2 Å². The lowest BCUT2D eigenvalue weighted by Gasteiger charge is -2.38. The van der Waals surface area contributed by atoms with E-state index in [1.165, 1.54) is 0 Å². The van der Waals surface area contributed by atoms with Crippen LogP contribution in [0.15, 0.2) is 0 Å². The SMILES string of the molecule is CCNS(=O)(=O)N(CC)C1(CN)CCCC1. The van der Waals surface area contributed by atoms with E-state index < -0.39 is 10.2 Å². The van der Waals surface area contributed by atoms with Crippen molar-refractivity contribution in [3.63, 3.8) is 0 Å². The van der Waals surface area contributed by atoms with E-state index >= 15 is 0 Å². The summed E-state index contributed by atoms with van der Waals surface area (Å²) in [5.41, 5.74) is 5.45. The Balaban J connectivity index is 2.96. The van der Waals surface area contributed by atoms with Gasteiger partial charge in [0.15, 0.2) is 0 Å². The molecule has 0 atom stereocenters. The quantitative estimate of drug-likeness (QED) is 0.717. The predicted octanol–water partition coefficient (Wildman–Crippen LogP) is 0.434. The molecule has 1 aliphatic carbocycles. The van der Waals surface area contributed by atoms with E-state index in [2.05, 4.69) is 4.72 Å². The van der Waals surface area contributed by atoms with Crippen LogP contribution in [-0.4, -0.2) is 37.9 Å². The maximum atomic E-state index is 12.1. The van der Waals surface area contributed by atoms with Gasteiger partial charge in [-0.25, -0.2) is 4.72 Å². The Labute approximate surface area is 98.6 Å². The number of nitrogens with one attached hydrogen (secondary N) is 1. The lowest BCUT2D eigenvalue weighted by atomic mass is 9.98. The second-order valence-corrected chi connectivity index (χ2v) is 5.98. The van der Waals surface area contributed by atoms with E-state index in [4.69, 9.17) is 5.73 Å². The van der Waals surface area contributed by atoms with E-state index in [0.717, 1.165) is 25.7 Å². The van der Waals surface area contributed by atoms with Crippen LogP contribution in [0.1, 0.15) is 39.5 Å². The Kier molecular flexibility index (Phi) is 4.73. The Morgan fingerprint density at radius 3 is 2.25 bits per heavy atom. The van der Waals surface area contributed by atoms with Gasteiger partial charge in [0.25, 0.3) is 10.2 Å². The highest BCUT2D eigenvalue weighted by atomic mass is 32.2. The highest BCUT2D eigenvalue weighted by molar-refractivity contribution is 7.87. The van der Waals surface area contributed by atoms with Crippen LogP contribution in [0.5, 0.6) is 0 Å². The summed E-state index contributed by atoms with van der Waals surface area (Å²) in [6.07, 6.45) is 3.88. The molecule has 0 bridgehead atoms. The zero-order valence-corrected chi connectivity index (χ0v) is 11.0. The molecule has 3 N–H and O–H groups in total. The molecular formula is C10H23N3O2S. The van der Waals surface area contributed by atoms with Crippen molar-refractivity contribution in [1.82, 2.24) is 9.03 Å². The number of hydrogen-bond donors (Lipinski definition) is 2. The zero-order valence-electron chi connectivity index (χ0n) is 10.2. The summed E-state index contributed by atoms with van der Waals surface area (Å²) in [7, 11) is -3.37. The maximum absolute atomic E-state index is 12.1. The fourth-order valence-electron chi connectivity index (χ4n) is 2.61. The minimum atomic E-state index is -3.37. The molecule has 0 aromatic carbocycles. The third-order valence-electron chi connectivity index (χ3n) is 3.35. The monoisotopic (exact) mass is 249 g/mol. The standard InChI is InChI=1S/C10H23N3O2S/c1-3-12-16(14,15)13(4-2)10(9-11)7-5-6-8-10/h12H,3-9,11H2,1-2H3. The number of rotatable bonds is 6. The van der Waals surface area contributed by atoms with Gasteiger partial charge in [0.1, 0.15) is 0 Å². The Morgan fingerprint density at radius 1 is 1.31 bits per heavy atom. The summed E-state index contributed by atoms with van der Waals surface area (Å²) in [5, 5.41) is 0. The largest absolute Gasteiger partial charge is 0.329 e. The van der Waals surface area contributed by atoms with Crippen LogP contribution < -0.4 is 10.5 Å². The summed E-state index contributed by atoms with van der Waals surface area (Å²) in [6, 6.07) is 0. The van der Waals surface area contributed by atoms with Crippen molar-refractivity contribution in [2.45, 2.75) is 45.1 Å². The molecule has 0 spiro atoms. The van der Waals surface area contributed by atoms with E-state index in [-0.39, 0.29) is 5.54 Å². The number of hydrogen-bond acceptors (Lipinski definition) is 3. The molecule has 1 fully saturated rings. The summed E-state index contributed by atoms with van der Waals surface area (Å²) in [5.74, 6) is 0. The van der Waals surface area contributed by atoms with Crippen LogP contribution in [0.4, 0.5) is 0 Å². The molecule has 0 aromatic heterocycles. The smallest absolute Gasteiger partial charge is 0.279 e. The van der Waals surface area contributed by atoms with Crippen molar-refractivity contribution in [3.8, 4) is 0 Å². The molecule has 0 saturated heterocycles. The minimum absolute atomic E-state index is 0.351. The molecule has 16 heavy (non-hydrogen) atoms. The highest BCUT2D eigenvalue weighted by Gasteiger charge is 2.43. The Hall–Kier alpha value is -0.170. The highest BCUT2D eigenvalue weighted by Crippen LogP contribution is 2.35. The van der Waals surface area contributed by atoms with Gasteiger partial charge in [0.2, 0.25) is 0 Å². The molecule has 0 heterocycles. The van der Waals surface area contributed by atoms with E-state index in [9.17, 15) is 8.42 Å². The third-order valence-corrected chi connectivity index (χ3v) is 5.23. The zero-order chi connectivity index (χ0) is 12.2. The average molecular weight is 249 g/mol. The second-order valence-electron chi connectivity index (χ2n) is 4.30. The Bertz CT molecular complexity index is 310. The van der Waals surface area contributed by atoms with Gasteiger partial charge in [-0.1, -0.05) is 26.7 Å². The third kappa shape index (κ3) is 2.56. The van der Waals surface area contributed by atoms with Gasteiger partial charge in [-0.2, -0.15) is 12.7 Å². The molecule has 0 aliphatic heterocycles. The van der Waals surface area contributed by atoms with Gasteiger partial charge < -0.3 is 5.73 Å². The first-order valence-electron chi connectivity index (χ1n) is 6.00. The number of nitrogens with two attached hydrogens (primary N) is 1. The molecule has 0 unspecified atom stereocenters. The maximum Gasteiger partial charge on any atom is 0.279 e. The number of likely N-dealkylation sites (N-methyl/N-ethyl adjacent to an activating group) is 1. The van der Waals surface area contributed by atoms with Gasteiger partial charge in [-0.3, -0.25) is 0 Å². The molecule has 0 aromatic rings. The van der Waals surface area contributed by atoms with Crippen LogP contribution in [0.25, 0.3) is 0 Å².